The molecule has 19 heteroatoms. The normalized spacial score (nSPS) is 11.0. The minimum absolute atomic E-state index is 0.159. The van der Waals surface area contributed by atoms with Crippen LogP contribution in [0.3, 0.4) is 0 Å². The first-order chi connectivity index (χ1) is 22.1. The van der Waals surface area contributed by atoms with Crippen LogP contribution >= 0.6 is 11.3 Å². The van der Waals surface area contributed by atoms with E-state index in [1.54, 1.807) is 30.5 Å². The Morgan fingerprint density at radius 1 is 0.851 bits per heavy atom. The predicted octanol–water partition coefficient (Wildman–Crippen LogP) is 5.40. The minimum Gasteiger partial charge on any atom is -0.475 e. The van der Waals surface area contributed by atoms with E-state index in [2.05, 4.69) is 20.3 Å². The smallest absolute Gasteiger partial charge is 0.475 e. The maximum atomic E-state index is 13.3. The average molecular weight is 684 g/mol. The Morgan fingerprint density at radius 2 is 1.40 bits per heavy atom. The Morgan fingerprint density at radius 3 is 1.94 bits per heavy atom. The first-order valence-corrected chi connectivity index (χ1v) is 13.7. The summed E-state index contributed by atoms with van der Waals surface area (Å²) >= 11 is 1.49. The number of imidazole rings is 1. The monoisotopic (exact) mass is 683 g/mol. The quantitative estimate of drug-likeness (QED) is 0.189. The van der Waals surface area contributed by atoms with Gasteiger partial charge in [-0.05, 0) is 36.4 Å². The van der Waals surface area contributed by atoms with Crippen LogP contribution in [-0.2, 0) is 22.7 Å². The first-order valence-electron chi connectivity index (χ1n) is 12.9. The van der Waals surface area contributed by atoms with Crippen molar-refractivity contribution in [2.24, 2.45) is 0 Å². The van der Waals surface area contributed by atoms with Crippen LogP contribution < -0.4 is 5.32 Å². The highest BCUT2D eigenvalue weighted by Gasteiger charge is 2.38. The van der Waals surface area contributed by atoms with Crippen LogP contribution in [0.5, 0.6) is 0 Å². The molecule has 0 radical (unpaired) electrons. The molecule has 0 aromatic carbocycles. The van der Waals surface area contributed by atoms with Gasteiger partial charge in [0.2, 0.25) is 0 Å². The van der Waals surface area contributed by atoms with Gasteiger partial charge in [-0.25, -0.2) is 19.6 Å². The van der Waals surface area contributed by atoms with Crippen LogP contribution in [0, 0.1) is 0 Å². The third-order valence-corrected chi connectivity index (χ3v) is 6.53. The Kier molecular flexibility index (Phi) is 11.9. The Balaban J connectivity index is 0.000000360. The van der Waals surface area contributed by atoms with Gasteiger partial charge in [0.05, 0.1) is 41.1 Å². The third kappa shape index (κ3) is 10.5. The number of carboxylic acid groups (broad SMARTS) is 2. The SMILES string of the molecule is CN(Cc1ccccn1)C(=O)c1nc(-c2cnc(NCc3ccccn3)s2)n2ccccc12.O=C(O)C(F)(F)F.O=C(O)C(F)(F)F. The van der Waals surface area contributed by atoms with Crippen molar-refractivity contribution in [2.45, 2.75) is 25.4 Å². The van der Waals surface area contributed by atoms with E-state index in [0.717, 1.165) is 26.9 Å². The highest BCUT2D eigenvalue weighted by atomic mass is 32.1. The number of rotatable bonds is 7. The van der Waals surface area contributed by atoms with Gasteiger partial charge >= 0.3 is 24.3 Å². The highest BCUT2D eigenvalue weighted by Crippen LogP contribution is 2.30. The summed E-state index contributed by atoms with van der Waals surface area (Å²) in [5, 5.41) is 18.3. The summed E-state index contributed by atoms with van der Waals surface area (Å²) in [6.07, 6.45) is -2.99. The maximum absolute atomic E-state index is 13.3. The van der Waals surface area contributed by atoms with Gasteiger partial charge in [0.15, 0.2) is 16.6 Å². The molecule has 5 aromatic rings. The number of carbonyl (C=O) groups excluding carboxylic acids is 1. The molecule has 0 spiro atoms. The number of nitrogens with one attached hydrogen (secondary N) is 1. The second-order valence-corrected chi connectivity index (χ2v) is 10.1. The Hall–Kier alpha value is -5.59. The molecule has 0 aliphatic carbocycles. The topological polar surface area (TPSA) is 163 Å². The molecule has 47 heavy (non-hydrogen) atoms. The molecule has 3 N–H and O–H groups in total. The fraction of sp³-hybridized carbons (Fsp3) is 0.179. The fourth-order valence-electron chi connectivity index (χ4n) is 3.48. The molecule has 5 rings (SSSR count). The van der Waals surface area contributed by atoms with Gasteiger partial charge in [-0.1, -0.05) is 29.5 Å². The van der Waals surface area contributed by atoms with Gasteiger partial charge in [0.1, 0.15) is 0 Å². The summed E-state index contributed by atoms with van der Waals surface area (Å²) in [6, 6.07) is 17.2. The van der Waals surface area contributed by atoms with Crippen LogP contribution in [0.15, 0.2) is 79.4 Å². The first kappa shape index (κ1) is 35.9. The van der Waals surface area contributed by atoms with Crippen molar-refractivity contribution < 1.29 is 50.9 Å². The number of amides is 1. The summed E-state index contributed by atoms with van der Waals surface area (Å²) < 4.78 is 65.4. The number of hydrogen-bond acceptors (Lipinski definition) is 9. The van der Waals surface area contributed by atoms with Crippen molar-refractivity contribution in [3.63, 3.8) is 0 Å². The lowest BCUT2D eigenvalue weighted by atomic mass is 10.3. The molecule has 1 amide bonds. The number of carbonyl (C=O) groups is 3. The van der Waals surface area contributed by atoms with Gasteiger partial charge in [0, 0.05) is 25.6 Å². The zero-order valence-corrected chi connectivity index (χ0v) is 24.7. The Bertz CT molecular complexity index is 1770. The lowest BCUT2D eigenvalue weighted by Crippen LogP contribution is -2.27. The van der Waals surface area contributed by atoms with Crippen LogP contribution in [0.25, 0.3) is 16.2 Å². The summed E-state index contributed by atoms with van der Waals surface area (Å²) in [6.45, 7) is 0.987. The zero-order chi connectivity index (χ0) is 34.8. The van der Waals surface area contributed by atoms with Crippen LogP contribution in [0.2, 0.25) is 0 Å². The van der Waals surface area contributed by atoms with E-state index >= 15 is 0 Å². The van der Waals surface area contributed by atoms with Gasteiger partial charge in [0.25, 0.3) is 5.91 Å². The molecule has 0 unspecified atom stereocenters. The molecule has 0 saturated carbocycles. The number of pyridine rings is 3. The van der Waals surface area contributed by atoms with Crippen LogP contribution in [0.1, 0.15) is 21.9 Å². The largest absolute Gasteiger partial charge is 0.490 e. The van der Waals surface area contributed by atoms with Crippen molar-refractivity contribution in [1.82, 2.24) is 29.2 Å². The van der Waals surface area contributed by atoms with E-state index in [1.165, 1.54) is 11.3 Å². The molecule has 5 aromatic heterocycles. The number of hydrogen-bond donors (Lipinski definition) is 3. The number of anilines is 1. The molecule has 248 valence electrons. The molecule has 0 atom stereocenters. The van der Waals surface area contributed by atoms with E-state index in [9.17, 15) is 31.1 Å². The molecule has 0 aliphatic rings. The summed E-state index contributed by atoms with van der Waals surface area (Å²) in [4.78, 5) is 51.4. The second-order valence-electron chi connectivity index (χ2n) is 9.03. The molecule has 5 heterocycles. The summed E-state index contributed by atoms with van der Waals surface area (Å²) in [5.41, 5.74) is 2.91. The van der Waals surface area contributed by atoms with Gasteiger partial charge in [-0.3, -0.25) is 19.2 Å². The summed E-state index contributed by atoms with van der Waals surface area (Å²) in [7, 11) is 1.76. The van der Waals surface area contributed by atoms with E-state index in [-0.39, 0.29) is 5.91 Å². The highest BCUT2D eigenvalue weighted by molar-refractivity contribution is 7.18. The molecule has 0 bridgehead atoms. The van der Waals surface area contributed by atoms with Crippen LogP contribution in [-0.4, -0.2) is 76.7 Å². The fourth-order valence-corrected chi connectivity index (χ4v) is 4.28. The lowest BCUT2D eigenvalue weighted by Gasteiger charge is -2.15. The van der Waals surface area contributed by atoms with E-state index in [4.69, 9.17) is 24.8 Å². The van der Waals surface area contributed by atoms with Gasteiger partial charge < -0.3 is 20.4 Å². The Labute approximate surface area is 265 Å². The molecule has 0 saturated heterocycles. The van der Waals surface area contributed by atoms with E-state index < -0.39 is 24.3 Å². The predicted molar refractivity (Wildman–Crippen MR) is 155 cm³/mol. The minimum atomic E-state index is -5.08. The number of thiazole rings is 1. The maximum Gasteiger partial charge on any atom is 0.490 e. The van der Waals surface area contributed by atoms with Crippen molar-refractivity contribution in [2.75, 3.05) is 12.4 Å². The third-order valence-electron chi connectivity index (χ3n) is 5.58. The van der Waals surface area contributed by atoms with E-state index in [1.807, 2.05) is 65.2 Å². The number of alkyl halides is 6. The van der Waals surface area contributed by atoms with Crippen molar-refractivity contribution in [3.8, 4) is 10.7 Å². The van der Waals surface area contributed by atoms with Crippen LogP contribution in [0.4, 0.5) is 31.5 Å². The second kappa shape index (κ2) is 15.6. The number of carboxylic acids is 2. The van der Waals surface area contributed by atoms with Gasteiger partial charge in [-0.15, -0.1) is 0 Å². The number of aliphatic carboxylic acids is 2. The lowest BCUT2D eigenvalue weighted by molar-refractivity contribution is -0.193. The number of nitrogens with zero attached hydrogens (tertiary/aromatic N) is 6. The van der Waals surface area contributed by atoms with Gasteiger partial charge in [-0.2, -0.15) is 26.3 Å². The number of halogens is 6. The summed E-state index contributed by atoms with van der Waals surface area (Å²) in [5.74, 6) is -4.99. The molecule has 0 aliphatic heterocycles. The molecular formula is C28H23F6N7O5S. The average Bonchev–Trinajstić information content (AvgIpc) is 3.65. The number of fused-ring (bicyclic) bond motifs is 1. The van der Waals surface area contributed by atoms with Crippen molar-refractivity contribution in [1.29, 1.82) is 0 Å². The zero-order valence-electron chi connectivity index (χ0n) is 23.9. The van der Waals surface area contributed by atoms with Crippen molar-refractivity contribution in [3.05, 3.63) is 96.5 Å². The molecule has 12 nitrogen and oxygen atoms in total. The standard InChI is InChI=1S/C24H21N7OS.2C2HF3O2/c1-30(16-18-9-3-6-12-26-18)23(32)21-19-10-4-7-13-31(19)22(29-21)20-15-28-24(33-20)27-14-17-8-2-5-11-25-17;2*3-2(4,5)1(6)7/h2-13,15H,14,16H2,1H3,(H,27,28);2*(H,6,7). The molecular weight excluding hydrogens is 660 g/mol. The van der Waals surface area contributed by atoms with E-state index in [0.29, 0.717) is 24.6 Å². The number of aromatic nitrogens is 5. The molecule has 0 fully saturated rings. The van der Waals surface area contributed by atoms with Crippen molar-refractivity contribution >= 4 is 39.8 Å².